The van der Waals surface area contributed by atoms with Crippen LogP contribution in [0.25, 0.3) is 0 Å². The van der Waals surface area contributed by atoms with E-state index in [1.165, 1.54) is 6.07 Å². The molecule has 5 nitrogen and oxygen atoms in total. The fourth-order valence-corrected chi connectivity index (χ4v) is 3.93. The van der Waals surface area contributed by atoms with Crippen LogP contribution in [0.2, 0.25) is 0 Å². The minimum atomic E-state index is -0.774. The Morgan fingerprint density at radius 3 is 2.72 bits per heavy atom. The zero-order chi connectivity index (χ0) is 18.1. The van der Waals surface area contributed by atoms with Crippen LogP contribution >= 0.6 is 0 Å². The van der Waals surface area contributed by atoms with Crippen LogP contribution < -0.4 is 10.6 Å². The number of hydrogen-bond acceptors (Lipinski definition) is 3. The second kappa shape index (κ2) is 6.75. The molecule has 136 valence electrons. The lowest BCUT2D eigenvalue weighted by atomic mass is 9.86. The SMILES string of the molecule is CC1(C)C[C@@]1(C(=O)NCCCN1CCNC(=O)C1)c1ccccc1F. The van der Waals surface area contributed by atoms with E-state index in [9.17, 15) is 14.0 Å². The molecule has 2 amide bonds. The highest BCUT2D eigenvalue weighted by molar-refractivity contribution is 5.93. The largest absolute Gasteiger partial charge is 0.355 e. The van der Waals surface area contributed by atoms with Crippen molar-refractivity contribution >= 4 is 11.8 Å². The third-order valence-electron chi connectivity index (χ3n) is 5.51. The number of amides is 2. The fourth-order valence-electron chi connectivity index (χ4n) is 3.93. The van der Waals surface area contributed by atoms with Crippen LogP contribution in [0.3, 0.4) is 0 Å². The van der Waals surface area contributed by atoms with Gasteiger partial charge < -0.3 is 10.6 Å². The zero-order valence-electron chi connectivity index (χ0n) is 14.9. The molecule has 0 unspecified atom stereocenters. The van der Waals surface area contributed by atoms with E-state index in [0.29, 0.717) is 31.6 Å². The molecule has 25 heavy (non-hydrogen) atoms. The Labute approximate surface area is 148 Å². The average Bonchev–Trinajstić information content (AvgIpc) is 3.15. The van der Waals surface area contributed by atoms with E-state index in [4.69, 9.17) is 0 Å². The van der Waals surface area contributed by atoms with Gasteiger partial charge in [0.05, 0.1) is 12.0 Å². The molecule has 6 heteroatoms. The van der Waals surface area contributed by atoms with Crippen molar-refractivity contribution in [3.8, 4) is 0 Å². The Hall–Kier alpha value is -1.95. The summed E-state index contributed by atoms with van der Waals surface area (Å²) in [6.45, 7) is 7.24. The van der Waals surface area contributed by atoms with Crippen molar-refractivity contribution in [3.63, 3.8) is 0 Å². The fraction of sp³-hybridized carbons (Fsp3) is 0.579. The predicted octanol–water partition coefficient (Wildman–Crippen LogP) is 1.43. The summed E-state index contributed by atoms with van der Waals surface area (Å²) < 4.78 is 14.3. The summed E-state index contributed by atoms with van der Waals surface area (Å²) in [5, 5.41) is 5.78. The quantitative estimate of drug-likeness (QED) is 0.766. The van der Waals surface area contributed by atoms with Crippen LogP contribution in [0.5, 0.6) is 0 Å². The van der Waals surface area contributed by atoms with Gasteiger partial charge in [-0.3, -0.25) is 14.5 Å². The summed E-state index contributed by atoms with van der Waals surface area (Å²) in [5.74, 6) is -0.366. The van der Waals surface area contributed by atoms with E-state index < -0.39 is 5.41 Å². The molecule has 1 heterocycles. The van der Waals surface area contributed by atoms with Crippen molar-refractivity contribution in [2.45, 2.75) is 32.1 Å². The molecule has 1 aromatic carbocycles. The Bertz CT molecular complexity index is 676. The molecule has 0 radical (unpaired) electrons. The van der Waals surface area contributed by atoms with Crippen molar-refractivity contribution in [1.29, 1.82) is 0 Å². The van der Waals surface area contributed by atoms with Crippen molar-refractivity contribution in [1.82, 2.24) is 15.5 Å². The zero-order valence-corrected chi connectivity index (χ0v) is 14.9. The first-order valence-electron chi connectivity index (χ1n) is 8.89. The van der Waals surface area contributed by atoms with Gasteiger partial charge in [0.2, 0.25) is 11.8 Å². The number of hydrogen-bond donors (Lipinski definition) is 2. The van der Waals surface area contributed by atoms with Crippen molar-refractivity contribution < 1.29 is 14.0 Å². The van der Waals surface area contributed by atoms with Gasteiger partial charge in [-0.1, -0.05) is 32.0 Å². The maximum atomic E-state index is 14.3. The number of piperazine rings is 1. The molecule has 1 saturated heterocycles. The van der Waals surface area contributed by atoms with Gasteiger partial charge in [-0.25, -0.2) is 4.39 Å². The number of benzene rings is 1. The Morgan fingerprint density at radius 2 is 2.08 bits per heavy atom. The third-order valence-corrected chi connectivity index (χ3v) is 5.51. The second-order valence-corrected chi connectivity index (χ2v) is 7.68. The van der Waals surface area contributed by atoms with Crippen LogP contribution in [0.15, 0.2) is 24.3 Å². The number of nitrogens with zero attached hydrogens (tertiary/aromatic N) is 1. The van der Waals surface area contributed by atoms with Gasteiger partial charge in [-0.15, -0.1) is 0 Å². The van der Waals surface area contributed by atoms with Crippen molar-refractivity contribution in [3.05, 3.63) is 35.6 Å². The number of carbonyl (C=O) groups excluding carboxylic acids is 2. The molecule has 2 N–H and O–H groups in total. The molecule has 3 rings (SSSR count). The van der Waals surface area contributed by atoms with E-state index >= 15 is 0 Å². The highest BCUT2D eigenvalue weighted by Crippen LogP contribution is 2.64. The summed E-state index contributed by atoms with van der Waals surface area (Å²) in [6, 6.07) is 6.56. The molecular weight excluding hydrogens is 321 g/mol. The van der Waals surface area contributed by atoms with Crippen LogP contribution in [-0.4, -0.2) is 49.4 Å². The first-order valence-corrected chi connectivity index (χ1v) is 8.89. The van der Waals surface area contributed by atoms with Gasteiger partial charge in [0.25, 0.3) is 0 Å². The lowest BCUT2D eigenvalue weighted by Crippen LogP contribution is -2.48. The highest BCUT2D eigenvalue weighted by atomic mass is 19.1. The molecular formula is C19H26FN3O2. The smallest absolute Gasteiger partial charge is 0.234 e. The Balaban J connectivity index is 1.56. The molecule has 1 aromatic rings. The first kappa shape index (κ1) is 17.9. The Kier molecular flexibility index (Phi) is 4.82. The minimum Gasteiger partial charge on any atom is -0.355 e. The van der Waals surface area contributed by atoms with Gasteiger partial charge in [0.15, 0.2) is 0 Å². The van der Waals surface area contributed by atoms with Crippen molar-refractivity contribution in [2.75, 3.05) is 32.7 Å². The van der Waals surface area contributed by atoms with Gasteiger partial charge in [0.1, 0.15) is 5.82 Å². The topological polar surface area (TPSA) is 61.4 Å². The van der Waals surface area contributed by atoms with Crippen molar-refractivity contribution in [2.24, 2.45) is 5.41 Å². The monoisotopic (exact) mass is 347 g/mol. The summed E-state index contributed by atoms with van der Waals surface area (Å²) in [5.41, 5.74) is -0.529. The van der Waals surface area contributed by atoms with E-state index in [1.807, 2.05) is 13.8 Å². The van der Waals surface area contributed by atoms with E-state index in [1.54, 1.807) is 18.2 Å². The maximum absolute atomic E-state index is 14.3. The number of rotatable bonds is 6. The second-order valence-electron chi connectivity index (χ2n) is 7.68. The lowest BCUT2D eigenvalue weighted by Gasteiger charge is -2.26. The van der Waals surface area contributed by atoms with Gasteiger partial charge in [-0.05, 0) is 24.3 Å². The molecule has 1 aliphatic carbocycles. The van der Waals surface area contributed by atoms with Crippen LogP contribution in [0, 0.1) is 11.2 Å². The van der Waals surface area contributed by atoms with Crippen LogP contribution in [-0.2, 0) is 15.0 Å². The summed E-state index contributed by atoms with van der Waals surface area (Å²) >= 11 is 0. The maximum Gasteiger partial charge on any atom is 0.234 e. The number of nitrogens with one attached hydrogen (secondary N) is 2. The normalized spacial score (nSPS) is 25.3. The summed E-state index contributed by atoms with van der Waals surface area (Å²) in [6.07, 6.45) is 1.42. The van der Waals surface area contributed by atoms with E-state index in [2.05, 4.69) is 15.5 Å². The summed E-state index contributed by atoms with van der Waals surface area (Å²) in [4.78, 5) is 26.3. The van der Waals surface area contributed by atoms with Crippen LogP contribution in [0.1, 0.15) is 32.3 Å². The first-order chi connectivity index (χ1) is 11.9. The molecule has 1 aliphatic heterocycles. The Morgan fingerprint density at radius 1 is 1.36 bits per heavy atom. The predicted molar refractivity (Wildman–Crippen MR) is 93.6 cm³/mol. The number of halogens is 1. The van der Waals surface area contributed by atoms with Gasteiger partial charge in [-0.2, -0.15) is 0 Å². The molecule has 1 saturated carbocycles. The molecule has 0 bridgehead atoms. The molecule has 1 atom stereocenters. The average molecular weight is 347 g/mol. The minimum absolute atomic E-state index is 0.0496. The summed E-state index contributed by atoms with van der Waals surface area (Å²) in [7, 11) is 0. The van der Waals surface area contributed by atoms with E-state index in [-0.39, 0.29) is 23.0 Å². The standard InChI is InChI=1S/C19H26FN3O2/c1-18(2)13-19(18,14-6-3-4-7-15(14)20)17(25)22-8-5-10-23-11-9-21-16(24)12-23/h3-4,6-7H,5,8-13H2,1-2H3,(H,21,24)(H,22,25)/t19-/m0/s1. The molecule has 0 spiro atoms. The molecule has 2 fully saturated rings. The van der Waals surface area contributed by atoms with Crippen LogP contribution in [0.4, 0.5) is 4.39 Å². The highest BCUT2D eigenvalue weighted by Gasteiger charge is 2.67. The number of carbonyl (C=O) groups is 2. The lowest BCUT2D eigenvalue weighted by molar-refractivity contribution is -0.125. The molecule has 0 aromatic heterocycles. The third kappa shape index (κ3) is 3.40. The molecule has 2 aliphatic rings. The van der Waals surface area contributed by atoms with Gasteiger partial charge in [0, 0.05) is 31.7 Å². The van der Waals surface area contributed by atoms with Gasteiger partial charge >= 0.3 is 0 Å². The van der Waals surface area contributed by atoms with E-state index in [0.717, 1.165) is 19.5 Å².